The molecule has 2 aromatic heterocycles. The molecular formula is C17H18N4OS. The van der Waals surface area contributed by atoms with Gasteiger partial charge in [-0.1, -0.05) is 23.4 Å². The molecule has 0 amide bonds. The molecule has 0 bridgehead atoms. The summed E-state index contributed by atoms with van der Waals surface area (Å²) >= 11 is 1.80. The Morgan fingerprint density at radius 3 is 3.13 bits per heavy atom. The van der Waals surface area contributed by atoms with Gasteiger partial charge in [0, 0.05) is 54.2 Å². The van der Waals surface area contributed by atoms with Crippen LogP contribution in [0.15, 0.2) is 40.4 Å². The molecule has 0 fully saturated rings. The van der Waals surface area contributed by atoms with Crippen molar-refractivity contribution < 1.29 is 0 Å². The molecule has 5 nitrogen and oxygen atoms in total. The van der Waals surface area contributed by atoms with Crippen LogP contribution in [-0.2, 0) is 19.6 Å². The summed E-state index contributed by atoms with van der Waals surface area (Å²) in [6, 6.07) is 7.58. The minimum Gasteiger partial charge on any atom is -0.357 e. The molecule has 0 spiro atoms. The van der Waals surface area contributed by atoms with Gasteiger partial charge in [-0.2, -0.15) is 0 Å². The van der Waals surface area contributed by atoms with Crippen LogP contribution in [-0.4, -0.2) is 20.3 Å². The minimum atomic E-state index is 0.0663. The zero-order valence-electron chi connectivity index (χ0n) is 12.9. The number of rotatable bonds is 4. The predicted molar refractivity (Wildman–Crippen MR) is 92.8 cm³/mol. The molecule has 1 aliphatic heterocycles. The number of aryl methyl sites for hydroxylation is 2. The van der Waals surface area contributed by atoms with Crippen LogP contribution in [0.5, 0.6) is 0 Å². The molecule has 3 heterocycles. The van der Waals surface area contributed by atoms with E-state index in [4.69, 9.17) is 0 Å². The number of aromatic amines is 1. The van der Waals surface area contributed by atoms with E-state index in [9.17, 15) is 4.79 Å². The number of benzene rings is 1. The van der Waals surface area contributed by atoms with Crippen molar-refractivity contribution in [2.45, 2.75) is 31.7 Å². The summed E-state index contributed by atoms with van der Waals surface area (Å²) < 4.78 is 2.20. The molecular weight excluding hydrogens is 308 g/mol. The van der Waals surface area contributed by atoms with E-state index in [1.807, 2.05) is 25.1 Å². The van der Waals surface area contributed by atoms with Gasteiger partial charge < -0.3 is 14.9 Å². The smallest absolute Gasteiger partial charge is 0.189 e. The van der Waals surface area contributed by atoms with Gasteiger partial charge in [-0.3, -0.25) is 4.79 Å². The van der Waals surface area contributed by atoms with Crippen molar-refractivity contribution >= 4 is 22.7 Å². The van der Waals surface area contributed by atoms with Crippen molar-refractivity contribution in [1.82, 2.24) is 19.9 Å². The van der Waals surface area contributed by atoms with Crippen LogP contribution in [0.2, 0.25) is 0 Å². The molecule has 0 radical (unpaired) electrons. The molecule has 0 saturated heterocycles. The number of H-pyrrole nitrogens is 1. The van der Waals surface area contributed by atoms with E-state index in [1.165, 1.54) is 0 Å². The summed E-state index contributed by atoms with van der Waals surface area (Å²) in [5.74, 6) is 1.12. The van der Waals surface area contributed by atoms with E-state index in [-0.39, 0.29) is 5.43 Å². The highest BCUT2D eigenvalue weighted by Crippen LogP contribution is 2.24. The Morgan fingerprint density at radius 1 is 1.35 bits per heavy atom. The highest BCUT2D eigenvalue weighted by Gasteiger charge is 2.13. The molecule has 0 aliphatic carbocycles. The topological polar surface area (TPSA) is 62.7 Å². The first-order valence-corrected chi connectivity index (χ1v) is 8.70. The molecule has 23 heavy (non-hydrogen) atoms. The highest BCUT2D eigenvalue weighted by atomic mass is 32.2. The number of hydrogen-bond acceptors (Lipinski definition) is 4. The third-order valence-electron chi connectivity index (χ3n) is 4.02. The maximum Gasteiger partial charge on any atom is 0.189 e. The van der Waals surface area contributed by atoms with Gasteiger partial charge in [0.1, 0.15) is 0 Å². The quantitative estimate of drug-likeness (QED) is 0.773. The van der Waals surface area contributed by atoms with Gasteiger partial charge in [0.15, 0.2) is 10.6 Å². The van der Waals surface area contributed by atoms with Crippen LogP contribution in [0, 0.1) is 6.92 Å². The number of fused-ring (bicyclic) bond motifs is 2. The molecule has 4 rings (SSSR count). The average Bonchev–Trinajstić information content (AvgIpc) is 3.09. The van der Waals surface area contributed by atoms with E-state index >= 15 is 0 Å². The van der Waals surface area contributed by atoms with E-state index in [2.05, 4.69) is 26.0 Å². The second-order valence-electron chi connectivity index (χ2n) is 5.87. The van der Waals surface area contributed by atoms with Crippen molar-refractivity contribution in [3.8, 4) is 0 Å². The zero-order chi connectivity index (χ0) is 15.8. The van der Waals surface area contributed by atoms with E-state index < -0.39 is 0 Å². The minimum absolute atomic E-state index is 0.0663. The van der Waals surface area contributed by atoms with Gasteiger partial charge in [0.05, 0.1) is 5.69 Å². The molecule has 6 heteroatoms. The van der Waals surface area contributed by atoms with Crippen molar-refractivity contribution in [3.63, 3.8) is 0 Å². The van der Waals surface area contributed by atoms with Gasteiger partial charge >= 0.3 is 0 Å². The van der Waals surface area contributed by atoms with Gasteiger partial charge in [0.25, 0.3) is 0 Å². The molecule has 1 aromatic carbocycles. The van der Waals surface area contributed by atoms with Crippen molar-refractivity contribution in [3.05, 3.63) is 57.6 Å². The second-order valence-corrected chi connectivity index (χ2v) is 6.93. The summed E-state index contributed by atoms with van der Waals surface area (Å²) in [7, 11) is 0. The van der Waals surface area contributed by atoms with E-state index in [0.29, 0.717) is 13.1 Å². The first kappa shape index (κ1) is 14.5. The number of thioether (sulfide) groups is 1. The fourth-order valence-corrected chi connectivity index (χ4v) is 3.85. The third-order valence-corrected chi connectivity index (χ3v) is 4.99. The number of pyridine rings is 1. The number of imidazole rings is 1. The van der Waals surface area contributed by atoms with Crippen molar-refractivity contribution in [1.29, 1.82) is 0 Å². The van der Waals surface area contributed by atoms with Crippen LogP contribution in [0.4, 0.5) is 0 Å². The van der Waals surface area contributed by atoms with Crippen LogP contribution in [0.3, 0.4) is 0 Å². The summed E-state index contributed by atoms with van der Waals surface area (Å²) in [6.45, 7) is 4.36. The summed E-state index contributed by atoms with van der Waals surface area (Å²) in [5.41, 5.74) is 3.99. The SMILES string of the molecule is Cc1ccc2[nH]c(CNCc3cn4c(n3)SCC4)cc(=O)c2c1. The monoisotopic (exact) mass is 326 g/mol. The Balaban J connectivity index is 1.47. The fourth-order valence-electron chi connectivity index (χ4n) is 2.88. The fraction of sp³-hybridized carbons (Fsp3) is 0.294. The maximum absolute atomic E-state index is 12.2. The molecule has 3 aromatic rings. The molecule has 0 unspecified atom stereocenters. The third kappa shape index (κ3) is 2.92. The predicted octanol–water partition coefficient (Wildman–Crippen LogP) is 2.43. The number of nitrogens with one attached hydrogen (secondary N) is 2. The number of aromatic nitrogens is 3. The first-order valence-electron chi connectivity index (χ1n) is 7.71. The van der Waals surface area contributed by atoms with E-state index in [0.717, 1.165) is 45.3 Å². The van der Waals surface area contributed by atoms with Gasteiger partial charge in [-0.25, -0.2) is 4.98 Å². The largest absolute Gasteiger partial charge is 0.357 e. The lowest BCUT2D eigenvalue weighted by Gasteiger charge is -2.06. The number of nitrogens with zero attached hydrogens (tertiary/aromatic N) is 2. The Morgan fingerprint density at radius 2 is 2.26 bits per heavy atom. The van der Waals surface area contributed by atoms with Crippen LogP contribution in [0.25, 0.3) is 10.9 Å². The lowest BCUT2D eigenvalue weighted by atomic mass is 10.1. The van der Waals surface area contributed by atoms with Gasteiger partial charge in [0.2, 0.25) is 0 Å². The highest BCUT2D eigenvalue weighted by molar-refractivity contribution is 7.99. The molecule has 2 N–H and O–H groups in total. The molecule has 0 saturated carbocycles. The van der Waals surface area contributed by atoms with Crippen LogP contribution in [0.1, 0.15) is 17.0 Å². The lowest BCUT2D eigenvalue weighted by molar-refractivity contribution is 0.669. The lowest BCUT2D eigenvalue weighted by Crippen LogP contribution is -2.16. The Hall–Kier alpha value is -2.05. The zero-order valence-corrected chi connectivity index (χ0v) is 13.7. The standard InChI is InChI=1S/C17H18N4OS/c1-11-2-3-15-14(6-11)16(22)7-12(19-15)8-18-9-13-10-21-4-5-23-17(21)20-13/h2-3,6-7,10,18H,4-5,8-9H2,1H3,(H,19,22). The van der Waals surface area contributed by atoms with Crippen molar-refractivity contribution in [2.24, 2.45) is 0 Å². The Labute approximate surface area is 138 Å². The molecule has 0 atom stereocenters. The first-order chi connectivity index (χ1) is 11.2. The molecule has 118 valence electrons. The van der Waals surface area contributed by atoms with E-state index in [1.54, 1.807) is 17.8 Å². The maximum atomic E-state index is 12.2. The van der Waals surface area contributed by atoms with Crippen LogP contribution >= 0.6 is 11.8 Å². The van der Waals surface area contributed by atoms with Gasteiger partial charge in [-0.15, -0.1) is 0 Å². The normalized spacial score (nSPS) is 13.6. The summed E-state index contributed by atoms with van der Waals surface area (Å²) in [5, 5.41) is 5.21. The summed E-state index contributed by atoms with van der Waals surface area (Å²) in [4.78, 5) is 20.1. The molecule has 1 aliphatic rings. The second kappa shape index (κ2) is 5.86. The van der Waals surface area contributed by atoms with Gasteiger partial charge in [-0.05, 0) is 19.1 Å². The Kier molecular flexibility index (Phi) is 3.71. The summed E-state index contributed by atoms with van der Waals surface area (Å²) in [6.07, 6.45) is 2.11. The number of hydrogen-bond donors (Lipinski definition) is 2. The van der Waals surface area contributed by atoms with Crippen molar-refractivity contribution in [2.75, 3.05) is 5.75 Å². The van der Waals surface area contributed by atoms with Crippen LogP contribution < -0.4 is 10.7 Å². The average molecular weight is 326 g/mol. The Bertz CT molecular complexity index is 906.